The molecule has 0 bridgehead atoms. The van der Waals surface area contributed by atoms with Crippen LogP contribution in [0, 0.1) is 0 Å². The van der Waals surface area contributed by atoms with Gasteiger partial charge in [-0.3, -0.25) is 0 Å². The monoisotopic (exact) mass is 392 g/mol. The van der Waals surface area contributed by atoms with Crippen LogP contribution in [0.1, 0.15) is 0 Å². The molecule has 0 spiro atoms. The number of hydrogen-bond acceptors (Lipinski definition) is 0. The molecule has 0 aliphatic rings. The highest BCUT2D eigenvalue weighted by Crippen LogP contribution is 2.47. The summed E-state index contributed by atoms with van der Waals surface area (Å²) < 4.78 is 0. The molecule has 0 saturated carbocycles. The van der Waals surface area contributed by atoms with E-state index in [9.17, 15) is 0 Å². The lowest BCUT2D eigenvalue weighted by Crippen LogP contribution is -1.87. The molecular weight excluding hydrogens is 392 g/mol. The second-order valence-electron chi connectivity index (χ2n) is 3.59. The van der Waals surface area contributed by atoms with Crippen LogP contribution in [-0.2, 0) is 0 Å². The van der Waals surface area contributed by atoms with Crippen LogP contribution in [0.2, 0.25) is 35.2 Å². The van der Waals surface area contributed by atoms with Crippen molar-refractivity contribution in [2.24, 2.45) is 0 Å². The smallest absolute Gasteiger partial charge is 0.0785 e. The van der Waals surface area contributed by atoms with Gasteiger partial charge in [0.05, 0.1) is 30.1 Å². The van der Waals surface area contributed by atoms with Crippen molar-refractivity contribution in [2.75, 3.05) is 0 Å². The standard InChI is InChI=1S/C12H3Cl7/c13-4-1-5(10(17)7(15)2-4)9-6(14)3-8(16)11(18)12(9)19/h1-3H. The molecular formula is C12H3Cl7. The Kier molecular flexibility index (Phi) is 5.07. The van der Waals surface area contributed by atoms with Crippen molar-refractivity contribution in [1.29, 1.82) is 0 Å². The Morgan fingerprint density at radius 1 is 0.526 bits per heavy atom. The van der Waals surface area contributed by atoms with Gasteiger partial charge in [0.1, 0.15) is 0 Å². The van der Waals surface area contributed by atoms with Gasteiger partial charge in [-0.1, -0.05) is 81.2 Å². The van der Waals surface area contributed by atoms with Gasteiger partial charge < -0.3 is 0 Å². The van der Waals surface area contributed by atoms with Crippen molar-refractivity contribution >= 4 is 81.2 Å². The Bertz CT molecular complexity index is 664. The molecule has 0 fully saturated rings. The molecule has 2 aromatic carbocycles. The summed E-state index contributed by atoms with van der Waals surface area (Å²) in [5, 5.41) is 1.93. The van der Waals surface area contributed by atoms with E-state index in [0.29, 0.717) is 26.2 Å². The average molecular weight is 395 g/mol. The molecule has 0 heterocycles. The van der Waals surface area contributed by atoms with Gasteiger partial charge in [-0.25, -0.2) is 0 Å². The van der Waals surface area contributed by atoms with Crippen molar-refractivity contribution < 1.29 is 0 Å². The second kappa shape index (κ2) is 6.07. The third-order valence-electron chi connectivity index (χ3n) is 2.38. The van der Waals surface area contributed by atoms with Gasteiger partial charge in [0.25, 0.3) is 0 Å². The van der Waals surface area contributed by atoms with Crippen LogP contribution in [-0.4, -0.2) is 0 Å². The molecule has 100 valence electrons. The fraction of sp³-hybridized carbons (Fsp3) is 0. The molecule has 0 nitrogen and oxygen atoms in total. The molecule has 0 amide bonds. The summed E-state index contributed by atoms with van der Waals surface area (Å²) in [6, 6.07) is 4.61. The second-order valence-corrected chi connectivity index (χ2v) is 6.38. The SMILES string of the molecule is Clc1cc(Cl)c(Cl)c(-c2c(Cl)cc(Cl)c(Cl)c2Cl)c1. The zero-order chi connectivity index (χ0) is 14.3. The molecule has 2 aromatic rings. The van der Waals surface area contributed by atoms with E-state index in [0.717, 1.165) is 0 Å². The predicted molar refractivity (Wildman–Crippen MR) is 86.9 cm³/mol. The molecule has 7 heteroatoms. The first-order valence-corrected chi connectivity index (χ1v) is 7.45. The van der Waals surface area contributed by atoms with Gasteiger partial charge in [-0.2, -0.15) is 0 Å². The Hall–Kier alpha value is 0.470. The molecule has 0 unspecified atom stereocenters. The highest BCUT2D eigenvalue weighted by atomic mass is 35.5. The average Bonchev–Trinajstić information content (AvgIpc) is 2.32. The largest absolute Gasteiger partial charge is 0.0843 e. The van der Waals surface area contributed by atoms with Crippen molar-refractivity contribution in [3.8, 4) is 11.1 Å². The third-order valence-corrected chi connectivity index (χ3v) is 4.96. The van der Waals surface area contributed by atoms with E-state index in [1.807, 2.05) is 0 Å². The topological polar surface area (TPSA) is 0 Å². The first-order chi connectivity index (χ1) is 8.82. The first-order valence-electron chi connectivity index (χ1n) is 4.80. The lowest BCUT2D eigenvalue weighted by Gasteiger charge is -2.13. The van der Waals surface area contributed by atoms with Gasteiger partial charge in [-0.15, -0.1) is 0 Å². The minimum absolute atomic E-state index is 0.190. The number of rotatable bonds is 1. The first kappa shape index (κ1) is 15.9. The molecule has 2 rings (SSSR count). The van der Waals surface area contributed by atoms with Crippen molar-refractivity contribution in [3.05, 3.63) is 53.4 Å². The van der Waals surface area contributed by atoms with E-state index in [1.165, 1.54) is 12.1 Å². The van der Waals surface area contributed by atoms with E-state index < -0.39 is 0 Å². The van der Waals surface area contributed by atoms with Crippen LogP contribution in [0.3, 0.4) is 0 Å². The fourth-order valence-electron chi connectivity index (χ4n) is 1.55. The van der Waals surface area contributed by atoms with E-state index in [1.54, 1.807) is 6.07 Å². The maximum absolute atomic E-state index is 6.17. The minimum atomic E-state index is 0.190. The van der Waals surface area contributed by atoms with Crippen LogP contribution in [0.4, 0.5) is 0 Å². The summed E-state index contributed by atoms with van der Waals surface area (Å²) in [4.78, 5) is 0. The Labute approximate surface area is 145 Å². The highest BCUT2D eigenvalue weighted by Gasteiger charge is 2.19. The van der Waals surface area contributed by atoms with Gasteiger partial charge in [0.2, 0.25) is 0 Å². The third kappa shape index (κ3) is 3.06. The van der Waals surface area contributed by atoms with Crippen LogP contribution in [0.25, 0.3) is 11.1 Å². The lowest BCUT2D eigenvalue weighted by atomic mass is 10.1. The molecule has 0 aliphatic carbocycles. The molecule has 0 N–H and O–H groups in total. The summed E-state index contributed by atoms with van der Waals surface area (Å²) >= 11 is 42.3. The summed E-state index contributed by atoms with van der Waals surface area (Å²) in [5.74, 6) is 0. The van der Waals surface area contributed by atoms with Gasteiger partial charge >= 0.3 is 0 Å². The Balaban J connectivity index is 2.83. The summed E-state index contributed by atoms with van der Waals surface area (Å²) in [7, 11) is 0. The molecule has 0 atom stereocenters. The molecule has 0 radical (unpaired) electrons. The number of hydrogen-bond donors (Lipinski definition) is 0. The fourth-order valence-corrected chi connectivity index (χ4v) is 3.36. The normalized spacial score (nSPS) is 10.9. The molecule has 0 aromatic heterocycles. The molecule has 0 aliphatic heterocycles. The summed E-state index contributed by atoms with van der Waals surface area (Å²) in [5.41, 5.74) is 0.930. The lowest BCUT2D eigenvalue weighted by molar-refractivity contribution is 1.61. The van der Waals surface area contributed by atoms with Crippen molar-refractivity contribution in [2.45, 2.75) is 0 Å². The van der Waals surface area contributed by atoms with Gasteiger partial charge in [0.15, 0.2) is 0 Å². The zero-order valence-corrected chi connectivity index (χ0v) is 14.2. The maximum Gasteiger partial charge on any atom is 0.0785 e. The Morgan fingerprint density at radius 2 is 1.11 bits per heavy atom. The zero-order valence-electron chi connectivity index (χ0n) is 8.88. The van der Waals surface area contributed by atoms with Crippen molar-refractivity contribution in [1.82, 2.24) is 0 Å². The minimum Gasteiger partial charge on any atom is -0.0843 e. The predicted octanol–water partition coefficient (Wildman–Crippen LogP) is 7.93. The van der Waals surface area contributed by atoms with Crippen LogP contribution in [0.5, 0.6) is 0 Å². The highest BCUT2D eigenvalue weighted by molar-refractivity contribution is 6.52. The van der Waals surface area contributed by atoms with Gasteiger partial charge in [-0.05, 0) is 18.2 Å². The van der Waals surface area contributed by atoms with Crippen molar-refractivity contribution in [3.63, 3.8) is 0 Å². The number of halogens is 7. The number of benzene rings is 2. The Morgan fingerprint density at radius 3 is 1.74 bits per heavy atom. The van der Waals surface area contributed by atoms with Crippen LogP contribution >= 0.6 is 81.2 Å². The van der Waals surface area contributed by atoms with Gasteiger partial charge in [0, 0.05) is 16.1 Å². The van der Waals surface area contributed by atoms with Crippen LogP contribution in [0.15, 0.2) is 18.2 Å². The molecule has 0 saturated heterocycles. The maximum atomic E-state index is 6.17. The molecule has 19 heavy (non-hydrogen) atoms. The summed E-state index contributed by atoms with van der Waals surface area (Å²) in [6.07, 6.45) is 0. The quantitative estimate of drug-likeness (QED) is 0.340. The van der Waals surface area contributed by atoms with Crippen LogP contribution < -0.4 is 0 Å². The van der Waals surface area contributed by atoms with E-state index in [4.69, 9.17) is 81.2 Å². The summed E-state index contributed by atoms with van der Waals surface area (Å²) in [6.45, 7) is 0. The van der Waals surface area contributed by atoms with E-state index >= 15 is 0 Å². The van der Waals surface area contributed by atoms with E-state index in [-0.39, 0.29) is 20.1 Å². The van der Waals surface area contributed by atoms with E-state index in [2.05, 4.69) is 0 Å².